The summed E-state index contributed by atoms with van der Waals surface area (Å²) in [6.45, 7) is 4.24. The molecule has 0 saturated heterocycles. The SMILES string of the molecule is COc1ccc(C)cc1C(O)CNCCCn1cccn1. The van der Waals surface area contributed by atoms with Crippen LogP contribution < -0.4 is 10.1 Å². The van der Waals surface area contributed by atoms with Gasteiger partial charge in [0.15, 0.2) is 0 Å². The van der Waals surface area contributed by atoms with Crippen LogP contribution in [0, 0.1) is 6.92 Å². The van der Waals surface area contributed by atoms with Gasteiger partial charge < -0.3 is 15.2 Å². The zero-order valence-corrected chi connectivity index (χ0v) is 12.6. The van der Waals surface area contributed by atoms with Crippen molar-refractivity contribution in [2.24, 2.45) is 0 Å². The second-order valence-corrected chi connectivity index (χ2v) is 5.09. The minimum atomic E-state index is -0.565. The smallest absolute Gasteiger partial charge is 0.124 e. The molecule has 0 bridgehead atoms. The van der Waals surface area contributed by atoms with Gasteiger partial charge in [0.25, 0.3) is 0 Å². The summed E-state index contributed by atoms with van der Waals surface area (Å²) in [7, 11) is 1.62. The van der Waals surface area contributed by atoms with E-state index in [1.807, 2.05) is 42.1 Å². The number of aromatic nitrogens is 2. The first-order chi connectivity index (χ1) is 10.2. The van der Waals surface area contributed by atoms with Crippen molar-refractivity contribution in [3.8, 4) is 5.75 Å². The number of ether oxygens (including phenoxy) is 1. The molecule has 0 radical (unpaired) electrons. The van der Waals surface area contributed by atoms with Crippen molar-refractivity contribution in [1.29, 1.82) is 0 Å². The van der Waals surface area contributed by atoms with Gasteiger partial charge in [-0.05, 0) is 38.1 Å². The number of nitrogens with zero attached hydrogens (tertiary/aromatic N) is 2. The largest absolute Gasteiger partial charge is 0.496 e. The molecule has 2 aromatic rings. The van der Waals surface area contributed by atoms with Crippen molar-refractivity contribution in [3.63, 3.8) is 0 Å². The van der Waals surface area contributed by atoms with E-state index in [1.54, 1.807) is 13.3 Å². The molecule has 5 nitrogen and oxygen atoms in total. The van der Waals surface area contributed by atoms with E-state index in [4.69, 9.17) is 4.74 Å². The highest BCUT2D eigenvalue weighted by atomic mass is 16.5. The average molecular weight is 289 g/mol. The molecule has 0 spiro atoms. The van der Waals surface area contributed by atoms with Crippen LogP contribution in [0.1, 0.15) is 23.7 Å². The topological polar surface area (TPSA) is 59.3 Å². The van der Waals surface area contributed by atoms with E-state index < -0.39 is 6.10 Å². The Morgan fingerprint density at radius 2 is 2.29 bits per heavy atom. The number of hydrogen-bond acceptors (Lipinski definition) is 4. The third-order valence-corrected chi connectivity index (χ3v) is 3.38. The first kappa shape index (κ1) is 15.5. The number of aliphatic hydroxyl groups excluding tert-OH is 1. The first-order valence-corrected chi connectivity index (χ1v) is 7.21. The molecule has 5 heteroatoms. The Hall–Kier alpha value is -1.85. The molecule has 2 rings (SSSR count). The van der Waals surface area contributed by atoms with Crippen molar-refractivity contribution in [1.82, 2.24) is 15.1 Å². The summed E-state index contributed by atoms with van der Waals surface area (Å²) in [6.07, 6.45) is 4.14. The van der Waals surface area contributed by atoms with Crippen LogP contribution in [0.15, 0.2) is 36.7 Å². The van der Waals surface area contributed by atoms with E-state index in [9.17, 15) is 5.11 Å². The fraction of sp³-hybridized carbons (Fsp3) is 0.438. The van der Waals surface area contributed by atoms with E-state index >= 15 is 0 Å². The molecule has 0 aliphatic heterocycles. The zero-order chi connectivity index (χ0) is 15.1. The highest BCUT2D eigenvalue weighted by molar-refractivity contribution is 5.38. The maximum atomic E-state index is 10.3. The molecule has 1 atom stereocenters. The van der Waals surface area contributed by atoms with Crippen LogP contribution in [-0.4, -0.2) is 35.1 Å². The fourth-order valence-corrected chi connectivity index (χ4v) is 2.26. The maximum absolute atomic E-state index is 10.3. The maximum Gasteiger partial charge on any atom is 0.124 e. The summed E-state index contributed by atoms with van der Waals surface area (Å²) in [5, 5.41) is 17.7. The molecule has 1 aromatic heterocycles. The summed E-state index contributed by atoms with van der Waals surface area (Å²) in [4.78, 5) is 0. The molecular formula is C16H23N3O2. The van der Waals surface area contributed by atoms with Crippen molar-refractivity contribution in [2.75, 3.05) is 20.2 Å². The molecule has 0 aliphatic rings. The third kappa shape index (κ3) is 4.58. The monoisotopic (exact) mass is 289 g/mol. The molecule has 0 fully saturated rings. The Morgan fingerprint density at radius 3 is 3.00 bits per heavy atom. The van der Waals surface area contributed by atoms with Crippen LogP contribution in [0.3, 0.4) is 0 Å². The van der Waals surface area contributed by atoms with Gasteiger partial charge in [-0.15, -0.1) is 0 Å². The second-order valence-electron chi connectivity index (χ2n) is 5.09. The van der Waals surface area contributed by atoms with Gasteiger partial charge in [-0.3, -0.25) is 4.68 Å². The standard InChI is InChI=1S/C16H23N3O2/c1-13-5-6-16(21-2)14(11-13)15(20)12-17-7-3-9-19-10-4-8-18-19/h4-6,8,10-11,15,17,20H,3,7,9,12H2,1-2H3. The van der Waals surface area contributed by atoms with Crippen LogP contribution in [0.4, 0.5) is 0 Å². The minimum Gasteiger partial charge on any atom is -0.496 e. The lowest BCUT2D eigenvalue weighted by Crippen LogP contribution is -2.23. The van der Waals surface area contributed by atoms with Gasteiger partial charge in [0.1, 0.15) is 5.75 Å². The van der Waals surface area contributed by atoms with Crippen molar-refractivity contribution in [3.05, 3.63) is 47.8 Å². The van der Waals surface area contributed by atoms with Crippen molar-refractivity contribution in [2.45, 2.75) is 26.0 Å². The first-order valence-electron chi connectivity index (χ1n) is 7.21. The predicted molar refractivity (Wildman–Crippen MR) is 82.4 cm³/mol. The van der Waals surface area contributed by atoms with Crippen LogP contribution in [0.25, 0.3) is 0 Å². The van der Waals surface area contributed by atoms with E-state index in [2.05, 4.69) is 10.4 Å². The van der Waals surface area contributed by atoms with Gasteiger partial charge in [0, 0.05) is 31.0 Å². The Balaban J connectivity index is 1.76. The summed E-state index contributed by atoms with van der Waals surface area (Å²) >= 11 is 0. The number of methoxy groups -OCH3 is 1. The summed E-state index contributed by atoms with van der Waals surface area (Å²) in [5.74, 6) is 0.728. The molecule has 0 aliphatic carbocycles. The van der Waals surface area contributed by atoms with Gasteiger partial charge in [0.2, 0.25) is 0 Å². The Morgan fingerprint density at radius 1 is 1.43 bits per heavy atom. The lowest BCUT2D eigenvalue weighted by Gasteiger charge is -2.16. The van der Waals surface area contributed by atoms with E-state index in [0.717, 1.165) is 36.4 Å². The molecule has 21 heavy (non-hydrogen) atoms. The predicted octanol–water partition coefficient (Wildman–Crippen LogP) is 1.91. The van der Waals surface area contributed by atoms with Crippen molar-refractivity contribution >= 4 is 0 Å². The van der Waals surface area contributed by atoms with Crippen LogP contribution >= 0.6 is 0 Å². The van der Waals surface area contributed by atoms with Crippen LogP contribution in [0.2, 0.25) is 0 Å². The Kier molecular flexibility index (Phi) is 5.78. The molecular weight excluding hydrogens is 266 g/mol. The average Bonchev–Trinajstić information content (AvgIpc) is 3.00. The van der Waals surface area contributed by atoms with Gasteiger partial charge in [0.05, 0.1) is 13.2 Å². The van der Waals surface area contributed by atoms with E-state index in [-0.39, 0.29) is 0 Å². The Bertz CT molecular complexity index is 540. The summed E-state index contributed by atoms with van der Waals surface area (Å²) < 4.78 is 7.20. The molecule has 0 amide bonds. The molecule has 0 saturated carbocycles. The van der Waals surface area contributed by atoms with E-state index in [0.29, 0.717) is 6.54 Å². The molecule has 1 unspecified atom stereocenters. The summed E-state index contributed by atoms with van der Waals surface area (Å²) in [5.41, 5.74) is 1.95. The van der Waals surface area contributed by atoms with Gasteiger partial charge in [-0.25, -0.2) is 0 Å². The molecule has 1 heterocycles. The quantitative estimate of drug-likeness (QED) is 0.729. The normalized spacial score (nSPS) is 12.3. The summed E-state index contributed by atoms with van der Waals surface area (Å²) in [6, 6.07) is 7.76. The van der Waals surface area contributed by atoms with Crippen molar-refractivity contribution < 1.29 is 9.84 Å². The number of hydrogen-bond donors (Lipinski definition) is 2. The van der Waals surface area contributed by atoms with E-state index in [1.165, 1.54) is 0 Å². The fourth-order valence-electron chi connectivity index (χ4n) is 2.26. The highest BCUT2D eigenvalue weighted by Gasteiger charge is 2.12. The van der Waals surface area contributed by atoms with Crippen LogP contribution in [0.5, 0.6) is 5.75 Å². The Labute approximate surface area is 125 Å². The second kappa shape index (κ2) is 7.81. The number of aliphatic hydroxyl groups is 1. The van der Waals surface area contributed by atoms with Gasteiger partial charge >= 0.3 is 0 Å². The number of benzene rings is 1. The van der Waals surface area contributed by atoms with Gasteiger partial charge in [-0.2, -0.15) is 5.10 Å². The molecule has 1 aromatic carbocycles. The number of nitrogens with one attached hydrogen (secondary N) is 1. The lowest BCUT2D eigenvalue weighted by atomic mass is 10.1. The number of rotatable bonds is 8. The molecule has 2 N–H and O–H groups in total. The van der Waals surface area contributed by atoms with Gasteiger partial charge in [-0.1, -0.05) is 11.6 Å². The third-order valence-electron chi connectivity index (χ3n) is 3.38. The number of aryl methyl sites for hydroxylation is 2. The zero-order valence-electron chi connectivity index (χ0n) is 12.6. The highest BCUT2D eigenvalue weighted by Crippen LogP contribution is 2.25. The van der Waals surface area contributed by atoms with Crippen LogP contribution in [-0.2, 0) is 6.54 Å². The molecule has 114 valence electrons. The lowest BCUT2D eigenvalue weighted by molar-refractivity contribution is 0.170. The minimum absolute atomic E-state index is 0.513.